The molecule has 0 radical (unpaired) electrons. The van der Waals surface area contributed by atoms with Crippen molar-refractivity contribution in [1.29, 1.82) is 0 Å². The van der Waals surface area contributed by atoms with Crippen molar-refractivity contribution in [3.63, 3.8) is 0 Å². The van der Waals surface area contributed by atoms with Crippen LogP contribution in [0.4, 0.5) is 0 Å². The zero-order chi connectivity index (χ0) is 15.5. The molecule has 0 spiro atoms. The average Bonchev–Trinajstić information content (AvgIpc) is 2.94. The molecular weight excluding hydrogens is 321 g/mol. The molecule has 0 bridgehead atoms. The van der Waals surface area contributed by atoms with Crippen molar-refractivity contribution >= 4 is 29.5 Å². The van der Waals surface area contributed by atoms with Gasteiger partial charge in [-0.1, -0.05) is 23.2 Å². The highest BCUT2D eigenvalue weighted by Gasteiger charge is 2.13. The average molecular weight is 332 g/mol. The van der Waals surface area contributed by atoms with Crippen LogP contribution in [0.3, 0.4) is 0 Å². The molecule has 1 aromatic carbocycles. The molecule has 0 amide bonds. The third kappa shape index (κ3) is 2.89. The van der Waals surface area contributed by atoms with E-state index in [9.17, 15) is 4.79 Å². The Hall–Kier alpha value is -2.17. The fraction of sp³-hybridized carbons (Fsp3) is 0.0625. The summed E-state index contributed by atoms with van der Waals surface area (Å²) >= 11 is 12.2. The van der Waals surface area contributed by atoms with Crippen LogP contribution in [0.2, 0.25) is 10.0 Å². The number of aldehydes is 1. The number of hydrogen-bond donors (Lipinski definition) is 0. The summed E-state index contributed by atoms with van der Waals surface area (Å²) in [5.74, 6) is 0. The fourth-order valence-corrected chi connectivity index (χ4v) is 2.62. The summed E-state index contributed by atoms with van der Waals surface area (Å²) in [4.78, 5) is 19.6. The lowest BCUT2D eigenvalue weighted by Gasteiger charge is -2.12. The third-order valence-electron chi connectivity index (χ3n) is 3.30. The minimum absolute atomic E-state index is 0.423. The molecule has 2 aromatic heterocycles. The number of nitrogens with zero attached hydrogens (tertiary/aromatic N) is 3. The van der Waals surface area contributed by atoms with Crippen LogP contribution in [0.25, 0.3) is 11.4 Å². The molecule has 22 heavy (non-hydrogen) atoms. The van der Waals surface area contributed by atoms with Gasteiger partial charge in [-0.25, -0.2) is 0 Å². The number of carbonyl (C=O) groups is 1. The number of benzene rings is 1. The predicted molar refractivity (Wildman–Crippen MR) is 86.4 cm³/mol. The van der Waals surface area contributed by atoms with E-state index in [0.29, 0.717) is 28.0 Å². The highest BCUT2D eigenvalue weighted by atomic mass is 35.5. The summed E-state index contributed by atoms with van der Waals surface area (Å²) in [6, 6.07) is 8.85. The maximum Gasteiger partial charge on any atom is 0.166 e. The minimum atomic E-state index is 0.423. The van der Waals surface area contributed by atoms with Crippen molar-refractivity contribution in [1.82, 2.24) is 14.5 Å². The van der Waals surface area contributed by atoms with E-state index in [2.05, 4.69) is 9.97 Å². The van der Waals surface area contributed by atoms with E-state index in [1.165, 1.54) is 0 Å². The second-order valence-corrected chi connectivity index (χ2v) is 5.52. The van der Waals surface area contributed by atoms with Gasteiger partial charge >= 0.3 is 0 Å². The molecule has 0 saturated carbocycles. The highest BCUT2D eigenvalue weighted by molar-refractivity contribution is 6.33. The highest BCUT2D eigenvalue weighted by Crippen LogP contribution is 2.25. The van der Waals surface area contributed by atoms with E-state index in [1.54, 1.807) is 42.9 Å². The summed E-state index contributed by atoms with van der Waals surface area (Å²) in [6.45, 7) is 0.423. The Morgan fingerprint density at radius 2 is 2.00 bits per heavy atom. The molecule has 2 heterocycles. The quantitative estimate of drug-likeness (QED) is 0.676. The Morgan fingerprint density at radius 3 is 2.73 bits per heavy atom. The van der Waals surface area contributed by atoms with Crippen LogP contribution in [0.15, 0.2) is 48.9 Å². The van der Waals surface area contributed by atoms with Crippen molar-refractivity contribution in [2.75, 3.05) is 0 Å². The summed E-state index contributed by atoms with van der Waals surface area (Å²) in [5.41, 5.74) is 2.86. The Kier molecular flexibility index (Phi) is 4.22. The van der Waals surface area contributed by atoms with Gasteiger partial charge in [0.1, 0.15) is 5.69 Å². The summed E-state index contributed by atoms with van der Waals surface area (Å²) in [6.07, 6.45) is 5.67. The van der Waals surface area contributed by atoms with E-state index in [4.69, 9.17) is 23.2 Å². The number of aromatic nitrogens is 3. The van der Waals surface area contributed by atoms with Gasteiger partial charge < -0.3 is 4.57 Å². The van der Waals surface area contributed by atoms with E-state index < -0.39 is 0 Å². The molecule has 3 aromatic rings. The Bertz CT molecular complexity index is 816. The van der Waals surface area contributed by atoms with E-state index in [1.807, 2.05) is 10.6 Å². The first-order chi connectivity index (χ1) is 10.7. The van der Waals surface area contributed by atoms with Crippen LogP contribution in [0.1, 0.15) is 16.1 Å². The topological polar surface area (TPSA) is 47.8 Å². The maximum atomic E-state index is 11.3. The summed E-state index contributed by atoms with van der Waals surface area (Å²) in [5, 5.41) is 1.19. The van der Waals surface area contributed by atoms with E-state index in [-0.39, 0.29) is 0 Å². The lowest BCUT2D eigenvalue weighted by molar-refractivity contribution is 0.111. The van der Waals surface area contributed by atoms with Crippen molar-refractivity contribution in [2.45, 2.75) is 6.54 Å². The first-order valence-corrected chi connectivity index (χ1v) is 7.29. The van der Waals surface area contributed by atoms with Gasteiger partial charge in [-0.15, -0.1) is 0 Å². The predicted octanol–water partition coefficient (Wildman–Crippen LogP) is 4.11. The van der Waals surface area contributed by atoms with Gasteiger partial charge in [-0.3, -0.25) is 14.8 Å². The molecule has 0 aliphatic carbocycles. The van der Waals surface area contributed by atoms with Gasteiger partial charge in [-0.05, 0) is 35.9 Å². The Labute approximate surface area is 137 Å². The molecule has 110 valence electrons. The third-order valence-corrected chi connectivity index (χ3v) is 3.90. The molecule has 0 aliphatic heterocycles. The number of rotatable bonds is 4. The van der Waals surface area contributed by atoms with Crippen LogP contribution in [0.5, 0.6) is 0 Å². The molecule has 4 nitrogen and oxygen atoms in total. The zero-order valence-electron chi connectivity index (χ0n) is 11.4. The van der Waals surface area contributed by atoms with Crippen LogP contribution in [-0.2, 0) is 6.54 Å². The largest absolute Gasteiger partial charge is 0.332 e. The molecule has 0 unspecified atom stereocenters. The number of halogens is 2. The summed E-state index contributed by atoms with van der Waals surface area (Å²) < 4.78 is 1.84. The molecule has 0 N–H and O–H groups in total. The fourth-order valence-electron chi connectivity index (χ4n) is 2.25. The first-order valence-electron chi connectivity index (χ1n) is 6.54. The van der Waals surface area contributed by atoms with Crippen LogP contribution < -0.4 is 0 Å². The molecule has 0 atom stereocenters. The van der Waals surface area contributed by atoms with Crippen LogP contribution >= 0.6 is 23.2 Å². The second kappa shape index (κ2) is 6.30. The SMILES string of the molecule is O=Cc1ccc(-c2cnccn2)n1Cc1cc(Cl)ccc1Cl. The molecule has 0 fully saturated rings. The lowest BCUT2D eigenvalue weighted by atomic mass is 10.2. The number of hydrogen-bond acceptors (Lipinski definition) is 3. The maximum absolute atomic E-state index is 11.3. The molecule has 0 aliphatic rings. The molecular formula is C16H11Cl2N3O. The van der Waals surface area contributed by atoms with Gasteiger partial charge in [0, 0.05) is 29.0 Å². The van der Waals surface area contributed by atoms with Crippen molar-refractivity contribution < 1.29 is 4.79 Å². The van der Waals surface area contributed by atoms with Crippen LogP contribution in [0, 0.1) is 0 Å². The van der Waals surface area contributed by atoms with Crippen LogP contribution in [-0.4, -0.2) is 20.8 Å². The normalized spacial score (nSPS) is 10.6. The van der Waals surface area contributed by atoms with Gasteiger partial charge in [0.05, 0.1) is 17.6 Å². The molecule has 3 rings (SSSR count). The minimum Gasteiger partial charge on any atom is -0.332 e. The monoisotopic (exact) mass is 331 g/mol. The molecule has 0 saturated heterocycles. The van der Waals surface area contributed by atoms with E-state index >= 15 is 0 Å². The Morgan fingerprint density at radius 1 is 1.14 bits per heavy atom. The Balaban J connectivity index is 2.08. The number of carbonyl (C=O) groups excluding carboxylic acids is 1. The molecule has 6 heteroatoms. The van der Waals surface area contributed by atoms with Gasteiger partial charge in [0.15, 0.2) is 6.29 Å². The van der Waals surface area contributed by atoms with E-state index in [0.717, 1.165) is 17.5 Å². The second-order valence-electron chi connectivity index (χ2n) is 4.67. The van der Waals surface area contributed by atoms with Gasteiger partial charge in [-0.2, -0.15) is 0 Å². The van der Waals surface area contributed by atoms with Gasteiger partial charge in [0.25, 0.3) is 0 Å². The van der Waals surface area contributed by atoms with Gasteiger partial charge in [0.2, 0.25) is 0 Å². The smallest absolute Gasteiger partial charge is 0.166 e. The van der Waals surface area contributed by atoms with Crippen molar-refractivity contribution in [3.05, 3.63) is 70.2 Å². The van der Waals surface area contributed by atoms with Crippen molar-refractivity contribution in [3.8, 4) is 11.4 Å². The summed E-state index contributed by atoms with van der Waals surface area (Å²) in [7, 11) is 0. The first kappa shape index (κ1) is 14.8. The van der Waals surface area contributed by atoms with Crippen molar-refractivity contribution in [2.24, 2.45) is 0 Å². The lowest BCUT2D eigenvalue weighted by Crippen LogP contribution is -2.06. The zero-order valence-corrected chi connectivity index (χ0v) is 12.9. The standard InChI is InChI=1S/C16H11Cl2N3O/c17-12-1-3-14(18)11(7-12)9-21-13(10-22)2-4-16(21)15-8-19-5-6-20-15/h1-8,10H,9H2.